The van der Waals surface area contributed by atoms with E-state index in [1.807, 2.05) is 35.9 Å². The van der Waals surface area contributed by atoms with Crippen molar-refractivity contribution >= 4 is 17.3 Å². The Hall–Kier alpha value is -3.60. The molecular formula is C26H24ClN7. The molecule has 4 heterocycles. The molecule has 1 fully saturated rings. The van der Waals surface area contributed by atoms with Gasteiger partial charge in [-0.05, 0) is 73.5 Å². The van der Waals surface area contributed by atoms with Crippen molar-refractivity contribution in [2.45, 2.75) is 13.0 Å². The maximum Gasteiger partial charge on any atom is 0.185 e. The third-order valence-electron chi connectivity index (χ3n) is 6.93. The molecule has 1 N–H and O–H groups in total. The van der Waals surface area contributed by atoms with Crippen LogP contribution < -0.4 is 10.2 Å². The van der Waals surface area contributed by atoms with Crippen LogP contribution in [0.15, 0.2) is 54.9 Å². The molecule has 0 radical (unpaired) electrons. The van der Waals surface area contributed by atoms with E-state index in [2.05, 4.69) is 55.3 Å². The van der Waals surface area contributed by atoms with Crippen LogP contribution in [0.4, 0.5) is 5.69 Å². The van der Waals surface area contributed by atoms with Gasteiger partial charge in [-0.25, -0.2) is 0 Å². The number of aromatic nitrogens is 4. The molecular weight excluding hydrogens is 446 g/mol. The van der Waals surface area contributed by atoms with Gasteiger partial charge < -0.3 is 14.8 Å². The highest BCUT2D eigenvalue weighted by Gasteiger charge is 2.27. The smallest absolute Gasteiger partial charge is 0.185 e. The number of rotatable bonds is 4. The normalized spacial score (nSPS) is 16.5. The van der Waals surface area contributed by atoms with Gasteiger partial charge in [0.25, 0.3) is 0 Å². The molecule has 8 heteroatoms. The van der Waals surface area contributed by atoms with Crippen molar-refractivity contribution in [1.29, 1.82) is 5.26 Å². The lowest BCUT2D eigenvalue weighted by Crippen LogP contribution is -2.24. The third-order valence-corrected chi connectivity index (χ3v) is 7.34. The summed E-state index contributed by atoms with van der Waals surface area (Å²) >= 11 is 6.97. The Morgan fingerprint density at radius 3 is 2.82 bits per heavy atom. The number of benzene rings is 2. The highest BCUT2D eigenvalue weighted by Crippen LogP contribution is 2.40. The molecule has 34 heavy (non-hydrogen) atoms. The summed E-state index contributed by atoms with van der Waals surface area (Å²) < 4.78 is 4.16. The SMILES string of the molecule is CNC[C@@H]1CCN(c2ccc3c(c2)Cn2c(cc(-c4ccc(C#N)cc4)c2Cl)-c2nncn2-3)C1. The summed E-state index contributed by atoms with van der Waals surface area (Å²) in [6.45, 7) is 3.83. The lowest BCUT2D eigenvalue weighted by molar-refractivity contribution is 0.549. The van der Waals surface area contributed by atoms with Crippen LogP contribution in [-0.4, -0.2) is 46.0 Å². The maximum atomic E-state index is 9.13. The zero-order valence-corrected chi connectivity index (χ0v) is 19.6. The second kappa shape index (κ2) is 8.32. The lowest BCUT2D eigenvalue weighted by Gasteiger charge is -2.21. The van der Waals surface area contributed by atoms with Crippen molar-refractivity contribution in [3.8, 4) is 34.4 Å². The van der Waals surface area contributed by atoms with Gasteiger partial charge in [0.15, 0.2) is 5.82 Å². The van der Waals surface area contributed by atoms with Crippen LogP contribution in [0.1, 0.15) is 17.5 Å². The van der Waals surface area contributed by atoms with Crippen LogP contribution in [0.2, 0.25) is 5.15 Å². The third kappa shape index (κ3) is 3.38. The Morgan fingerprint density at radius 1 is 1.18 bits per heavy atom. The monoisotopic (exact) mass is 469 g/mol. The Kier molecular flexibility index (Phi) is 5.13. The lowest BCUT2D eigenvalue weighted by atomic mass is 10.1. The minimum Gasteiger partial charge on any atom is -0.371 e. The Balaban J connectivity index is 1.42. The molecule has 2 aromatic heterocycles. The number of fused-ring (bicyclic) bond motifs is 5. The van der Waals surface area contributed by atoms with Gasteiger partial charge in [-0.3, -0.25) is 4.57 Å². The van der Waals surface area contributed by atoms with Crippen molar-refractivity contribution in [1.82, 2.24) is 24.6 Å². The van der Waals surface area contributed by atoms with Crippen LogP contribution in [0.25, 0.3) is 28.3 Å². The van der Waals surface area contributed by atoms with Crippen molar-refractivity contribution in [2.75, 3.05) is 31.6 Å². The predicted octanol–water partition coefficient (Wildman–Crippen LogP) is 4.34. The summed E-state index contributed by atoms with van der Waals surface area (Å²) in [5.74, 6) is 1.44. The number of halogens is 1. The highest BCUT2D eigenvalue weighted by molar-refractivity contribution is 6.32. The molecule has 0 amide bonds. The van der Waals surface area contributed by atoms with Gasteiger partial charge in [0.2, 0.25) is 0 Å². The zero-order chi connectivity index (χ0) is 23.2. The number of nitrogens with one attached hydrogen (secondary N) is 1. The molecule has 2 aliphatic rings. The molecule has 2 aromatic carbocycles. The molecule has 0 saturated carbocycles. The predicted molar refractivity (Wildman–Crippen MR) is 133 cm³/mol. The average molecular weight is 470 g/mol. The van der Waals surface area contributed by atoms with E-state index >= 15 is 0 Å². The van der Waals surface area contributed by atoms with Crippen LogP contribution in [0, 0.1) is 17.2 Å². The van der Waals surface area contributed by atoms with E-state index in [-0.39, 0.29) is 0 Å². The quantitative estimate of drug-likeness (QED) is 0.424. The summed E-state index contributed by atoms with van der Waals surface area (Å²) in [4.78, 5) is 2.47. The molecule has 1 saturated heterocycles. The minimum atomic E-state index is 0.626. The topological polar surface area (TPSA) is 74.7 Å². The molecule has 0 aliphatic carbocycles. The van der Waals surface area contributed by atoms with Crippen LogP contribution in [-0.2, 0) is 6.54 Å². The second-order valence-corrected chi connectivity index (χ2v) is 9.36. The van der Waals surface area contributed by atoms with Crippen LogP contribution >= 0.6 is 11.6 Å². The standard InChI is InChI=1S/C26H24ClN7/c1-29-13-18-8-9-32(14-18)21-6-7-23-20(10-21)15-33-24(26-31-30-16-34(23)26)11-22(25(33)27)19-4-2-17(12-28)3-5-19/h2-7,10-11,16,18,29H,8-9,13-15H2,1H3/t18-/m0/s1. The fourth-order valence-electron chi connectivity index (χ4n) is 5.20. The first-order valence-electron chi connectivity index (χ1n) is 11.5. The number of hydrogen-bond acceptors (Lipinski definition) is 5. The van der Waals surface area contributed by atoms with Gasteiger partial charge in [0.05, 0.1) is 29.6 Å². The summed E-state index contributed by atoms with van der Waals surface area (Å²) in [7, 11) is 2.02. The summed E-state index contributed by atoms with van der Waals surface area (Å²) in [6.07, 6.45) is 2.97. The Labute approximate surface area is 203 Å². The van der Waals surface area contributed by atoms with E-state index < -0.39 is 0 Å². The number of nitriles is 1. The fourth-order valence-corrected chi connectivity index (χ4v) is 5.52. The number of nitrogens with zero attached hydrogens (tertiary/aromatic N) is 6. The van der Waals surface area contributed by atoms with Gasteiger partial charge in [-0.1, -0.05) is 23.7 Å². The fraction of sp³-hybridized carbons (Fsp3) is 0.269. The van der Waals surface area contributed by atoms with Gasteiger partial charge in [0.1, 0.15) is 11.5 Å². The van der Waals surface area contributed by atoms with E-state index in [0.717, 1.165) is 48.0 Å². The first-order chi connectivity index (χ1) is 16.7. The number of anilines is 1. The van der Waals surface area contributed by atoms with Crippen LogP contribution in [0.3, 0.4) is 0 Å². The minimum absolute atomic E-state index is 0.626. The zero-order valence-electron chi connectivity index (χ0n) is 18.9. The molecule has 7 nitrogen and oxygen atoms in total. The largest absolute Gasteiger partial charge is 0.371 e. The van der Waals surface area contributed by atoms with E-state index in [1.165, 1.54) is 17.7 Å². The maximum absolute atomic E-state index is 9.13. The highest BCUT2D eigenvalue weighted by atomic mass is 35.5. The van der Waals surface area contributed by atoms with Crippen molar-refractivity contribution < 1.29 is 0 Å². The van der Waals surface area contributed by atoms with Crippen molar-refractivity contribution in [3.63, 3.8) is 0 Å². The molecule has 1 atom stereocenters. The molecule has 170 valence electrons. The van der Waals surface area contributed by atoms with E-state index in [4.69, 9.17) is 16.9 Å². The average Bonchev–Trinajstić information content (AvgIpc) is 3.58. The van der Waals surface area contributed by atoms with Gasteiger partial charge in [0, 0.05) is 24.3 Å². The van der Waals surface area contributed by atoms with Crippen molar-refractivity contribution in [3.05, 3.63) is 71.1 Å². The van der Waals surface area contributed by atoms with E-state index in [0.29, 0.717) is 23.2 Å². The summed E-state index contributed by atoms with van der Waals surface area (Å²) in [5, 5.41) is 21.7. The number of hydrogen-bond donors (Lipinski definition) is 1. The summed E-state index contributed by atoms with van der Waals surface area (Å²) in [6, 6.07) is 18.4. The molecule has 0 spiro atoms. The van der Waals surface area contributed by atoms with E-state index in [1.54, 1.807) is 6.33 Å². The molecule has 2 aliphatic heterocycles. The Morgan fingerprint density at radius 2 is 2.03 bits per heavy atom. The second-order valence-electron chi connectivity index (χ2n) is 9.01. The van der Waals surface area contributed by atoms with Crippen molar-refractivity contribution in [2.24, 2.45) is 5.92 Å². The van der Waals surface area contributed by atoms with Gasteiger partial charge in [-0.2, -0.15) is 5.26 Å². The molecule has 4 aromatic rings. The van der Waals surface area contributed by atoms with Gasteiger partial charge >= 0.3 is 0 Å². The molecule has 6 rings (SSSR count). The summed E-state index contributed by atoms with van der Waals surface area (Å²) in [5.41, 5.74) is 6.94. The molecule has 0 unspecified atom stereocenters. The van der Waals surface area contributed by atoms with Crippen LogP contribution in [0.5, 0.6) is 0 Å². The first kappa shape index (κ1) is 21.0. The Bertz CT molecular complexity index is 1410. The molecule has 0 bridgehead atoms. The van der Waals surface area contributed by atoms with Gasteiger partial charge in [-0.15, -0.1) is 10.2 Å². The first-order valence-corrected chi connectivity index (χ1v) is 11.9. The van der Waals surface area contributed by atoms with E-state index in [9.17, 15) is 0 Å².